The molecule has 4 nitrogen and oxygen atoms in total. The smallest absolute Gasteiger partial charge is 0.293 e. The minimum absolute atomic E-state index is 0.630. The van der Waals surface area contributed by atoms with E-state index in [9.17, 15) is 4.79 Å². The van der Waals surface area contributed by atoms with Crippen LogP contribution in [-0.4, -0.2) is 15.9 Å². The zero-order chi connectivity index (χ0) is 9.97. The van der Waals surface area contributed by atoms with Crippen LogP contribution in [0, 0.1) is 11.8 Å². The average molecular weight is 185 g/mol. The molecule has 0 radical (unpaired) electrons. The van der Waals surface area contributed by atoms with Crippen LogP contribution in [0.3, 0.4) is 0 Å². The standard InChI is InChI=1S/C10H7N3O/c11-10(14)4-2-7-1-3-8-9(5-7)13-6-12-8/h1,3,5-6H,(H2,11,14)(H,12,13). The lowest BCUT2D eigenvalue weighted by Gasteiger charge is -1.89. The number of carbonyl (C=O) groups excluding carboxylic acids is 1. The fourth-order valence-electron chi connectivity index (χ4n) is 1.15. The van der Waals surface area contributed by atoms with Crippen molar-refractivity contribution in [3.63, 3.8) is 0 Å². The van der Waals surface area contributed by atoms with Crippen molar-refractivity contribution in [2.45, 2.75) is 0 Å². The zero-order valence-corrected chi connectivity index (χ0v) is 7.24. The van der Waals surface area contributed by atoms with Gasteiger partial charge in [-0.25, -0.2) is 4.98 Å². The molecule has 2 aromatic rings. The number of amides is 1. The van der Waals surface area contributed by atoms with Gasteiger partial charge in [0.15, 0.2) is 0 Å². The second kappa shape index (κ2) is 3.23. The van der Waals surface area contributed by atoms with Gasteiger partial charge in [-0.05, 0) is 24.1 Å². The van der Waals surface area contributed by atoms with E-state index in [0.717, 1.165) is 16.6 Å². The lowest BCUT2D eigenvalue weighted by Crippen LogP contribution is -2.06. The van der Waals surface area contributed by atoms with Crippen molar-refractivity contribution in [2.75, 3.05) is 0 Å². The van der Waals surface area contributed by atoms with Crippen molar-refractivity contribution >= 4 is 16.9 Å². The van der Waals surface area contributed by atoms with Crippen LogP contribution in [0.1, 0.15) is 5.56 Å². The van der Waals surface area contributed by atoms with E-state index in [-0.39, 0.29) is 0 Å². The second-order valence-electron chi connectivity index (χ2n) is 2.75. The van der Waals surface area contributed by atoms with Gasteiger partial charge in [0.05, 0.1) is 17.4 Å². The van der Waals surface area contributed by atoms with Crippen LogP contribution in [0.25, 0.3) is 11.0 Å². The summed E-state index contributed by atoms with van der Waals surface area (Å²) in [5, 5.41) is 0. The first kappa shape index (κ1) is 8.32. The summed E-state index contributed by atoms with van der Waals surface area (Å²) in [6.45, 7) is 0. The normalized spacial score (nSPS) is 9.43. The Morgan fingerprint density at radius 2 is 2.36 bits per heavy atom. The van der Waals surface area contributed by atoms with E-state index in [1.165, 1.54) is 0 Å². The number of nitrogens with one attached hydrogen (secondary N) is 1. The molecular weight excluding hydrogens is 178 g/mol. The van der Waals surface area contributed by atoms with Gasteiger partial charge in [0, 0.05) is 5.56 Å². The third-order valence-corrected chi connectivity index (χ3v) is 1.75. The summed E-state index contributed by atoms with van der Waals surface area (Å²) < 4.78 is 0. The molecule has 0 spiro atoms. The fraction of sp³-hybridized carbons (Fsp3) is 0. The molecule has 0 fully saturated rings. The third kappa shape index (κ3) is 1.57. The van der Waals surface area contributed by atoms with Gasteiger partial charge in [0.25, 0.3) is 5.91 Å². The number of rotatable bonds is 0. The van der Waals surface area contributed by atoms with Gasteiger partial charge >= 0.3 is 0 Å². The molecule has 1 heterocycles. The van der Waals surface area contributed by atoms with Gasteiger partial charge < -0.3 is 10.7 Å². The van der Waals surface area contributed by atoms with Crippen molar-refractivity contribution in [2.24, 2.45) is 5.73 Å². The highest BCUT2D eigenvalue weighted by Gasteiger charge is 1.95. The summed E-state index contributed by atoms with van der Waals surface area (Å²) in [5.74, 6) is 4.30. The monoisotopic (exact) mass is 185 g/mol. The molecule has 3 N–H and O–H groups in total. The molecular formula is C10H7N3O. The number of imidazole rings is 1. The zero-order valence-electron chi connectivity index (χ0n) is 7.24. The average Bonchev–Trinajstić information content (AvgIpc) is 2.61. The number of hydrogen-bond acceptors (Lipinski definition) is 2. The first-order valence-electron chi connectivity index (χ1n) is 4.00. The van der Waals surface area contributed by atoms with E-state index >= 15 is 0 Å². The summed E-state index contributed by atoms with van der Waals surface area (Å²) in [5.41, 5.74) is 7.40. The van der Waals surface area contributed by atoms with Gasteiger partial charge in [-0.1, -0.05) is 5.92 Å². The van der Waals surface area contributed by atoms with Crippen molar-refractivity contribution in [1.29, 1.82) is 0 Å². The van der Waals surface area contributed by atoms with Crippen LogP contribution >= 0.6 is 0 Å². The predicted molar refractivity (Wildman–Crippen MR) is 52.2 cm³/mol. The van der Waals surface area contributed by atoms with Gasteiger partial charge in [0.1, 0.15) is 0 Å². The van der Waals surface area contributed by atoms with E-state index < -0.39 is 5.91 Å². The van der Waals surface area contributed by atoms with E-state index in [1.807, 2.05) is 12.1 Å². The molecule has 1 aromatic heterocycles. The van der Waals surface area contributed by atoms with E-state index in [0.29, 0.717) is 0 Å². The highest BCUT2D eigenvalue weighted by atomic mass is 16.1. The minimum atomic E-state index is -0.630. The summed E-state index contributed by atoms with van der Waals surface area (Å²) in [7, 11) is 0. The Hall–Kier alpha value is -2.28. The molecule has 0 unspecified atom stereocenters. The highest BCUT2D eigenvalue weighted by molar-refractivity contribution is 5.92. The molecule has 14 heavy (non-hydrogen) atoms. The molecule has 0 atom stereocenters. The number of nitrogens with two attached hydrogens (primary N) is 1. The molecule has 68 valence electrons. The number of nitrogens with zero attached hydrogens (tertiary/aromatic N) is 1. The first-order valence-corrected chi connectivity index (χ1v) is 4.00. The van der Waals surface area contributed by atoms with Crippen LogP contribution < -0.4 is 5.73 Å². The maximum Gasteiger partial charge on any atom is 0.293 e. The molecule has 0 bridgehead atoms. The SMILES string of the molecule is NC(=O)C#Cc1ccc2nc[nH]c2c1. The van der Waals surface area contributed by atoms with Gasteiger partial charge in [-0.2, -0.15) is 0 Å². The number of benzene rings is 1. The molecule has 4 heteroatoms. The van der Waals surface area contributed by atoms with Gasteiger partial charge in [0.2, 0.25) is 0 Å². The van der Waals surface area contributed by atoms with Crippen LogP contribution in [-0.2, 0) is 4.79 Å². The van der Waals surface area contributed by atoms with Crippen LogP contribution in [0.2, 0.25) is 0 Å². The molecule has 1 amide bonds. The summed E-state index contributed by atoms with van der Waals surface area (Å²) >= 11 is 0. The lowest BCUT2D eigenvalue weighted by molar-refractivity contribution is -0.112. The largest absolute Gasteiger partial charge is 0.359 e. The third-order valence-electron chi connectivity index (χ3n) is 1.75. The van der Waals surface area contributed by atoms with E-state index in [4.69, 9.17) is 5.73 Å². The summed E-state index contributed by atoms with van der Waals surface area (Å²) in [6, 6.07) is 5.44. The van der Waals surface area contributed by atoms with Crippen molar-refractivity contribution in [3.05, 3.63) is 30.1 Å². The molecule has 0 aliphatic rings. The van der Waals surface area contributed by atoms with Gasteiger partial charge in [-0.3, -0.25) is 4.79 Å². The fourth-order valence-corrected chi connectivity index (χ4v) is 1.15. The number of primary amides is 1. The molecule has 0 saturated heterocycles. The molecule has 0 aliphatic carbocycles. The minimum Gasteiger partial charge on any atom is -0.359 e. The Balaban J connectivity index is 2.45. The molecule has 2 rings (SSSR count). The maximum atomic E-state index is 10.4. The Morgan fingerprint density at radius 3 is 3.14 bits per heavy atom. The predicted octanol–water partition coefficient (Wildman–Crippen LogP) is 0.400. The molecule has 0 aliphatic heterocycles. The topological polar surface area (TPSA) is 71.8 Å². The number of H-pyrrole nitrogens is 1. The summed E-state index contributed by atoms with van der Waals surface area (Å²) in [6.07, 6.45) is 1.61. The number of aromatic nitrogens is 2. The number of carbonyl (C=O) groups is 1. The van der Waals surface area contributed by atoms with E-state index in [1.54, 1.807) is 12.4 Å². The van der Waals surface area contributed by atoms with Crippen LogP contribution in [0.5, 0.6) is 0 Å². The Bertz CT molecular complexity index is 545. The lowest BCUT2D eigenvalue weighted by atomic mass is 10.2. The number of aromatic amines is 1. The Morgan fingerprint density at radius 1 is 1.50 bits per heavy atom. The maximum absolute atomic E-state index is 10.4. The van der Waals surface area contributed by atoms with E-state index in [2.05, 4.69) is 21.8 Å². The van der Waals surface area contributed by atoms with Crippen LogP contribution in [0.15, 0.2) is 24.5 Å². The summed E-state index contributed by atoms with van der Waals surface area (Å²) in [4.78, 5) is 17.4. The molecule has 1 aromatic carbocycles. The molecule has 0 saturated carbocycles. The second-order valence-corrected chi connectivity index (χ2v) is 2.75. The van der Waals surface area contributed by atoms with Crippen molar-refractivity contribution in [3.8, 4) is 11.8 Å². The Kier molecular flexibility index (Phi) is 1.92. The van der Waals surface area contributed by atoms with Crippen molar-refractivity contribution < 1.29 is 4.79 Å². The highest BCUT2D eigenvalue weighted by Crippen LogP contribution is 2.10. The number of fused-ring (bicyclic) bond motifs is 1. The first-order chi connectivity index (χ1) is 6.75. The van der Waals surface area contributed by atoms with Gasteiger partial charge in [-0.15, -0.1) is 0 Å². The quantitative estimate of drug-likeness (QED) is 0.583. The van der Waals surface area contributed by atoms with Crippen molar-refractivity contribution in [1.82, 2.24) is 9.97 Å². The van der Waals surface area contributed by atoms with Crippen LogP contribution in [0.4, 0.5) is 0 Å². The number of hydrogen-bond donors (Lipinski definition) is 2. The Labute approximate surface area is 80.1 Å².